The van der Waals surface area contributed by atoms with E-state index in [-0.39, 0.29) is 4.68 Å². The average molecular weight is 382 g/mol. The molecule has 2 aromatic heterocycles. The topological polar surface area (TPSA) is 78.5 Å². The summed E-state index contributed by atoms with van der Waals surface area (Å²) in [7, 11) is 0. The lowest BCUT2D eigenvalue weighted by atomic mass is 10.3. The van der Waals surface area contributed by atoms with Gasteiger partial charge in [0.15, 0.2) is 5.69 Å². The van der Waals surface area contributed by atoms with E-state index in [1.807, 2.05) is 0 Å². The lowest BCUT2D eigenvalue weighted by Gasteiger charge is -2.24. The molecule has 0 aliphatic rings. The number of hydrogen-bond donors (Lipinski definition) is 0. The summed E-state index contributed by atoms with van der Waals surface area (Å²) in [5.74, 6) is -1.29. The molecule has 0 aromatic carbocycles. The fourth-order valence-electron chi connectivity index (χ4n) is 1.13. The Morgan fingerprint density at radius 3 is 2.35 bits per heavy atom. The summed E-state index contributed by atoms with van der Waals surface area (Å²) in [5.41, 5.74) is -0.714. The van der Waals surface area contributed by atoms with Gasteiger partial charge in [-0.05, 0) is 0 Å². The Balaban J connectivity index is 2.45. The van der Waals surface area contributed by atoms with Gasteiger partial charge in [-0.2, -0.15) is 9.07 Å². The van der Waals surface area contributed by atoms with Gasteiger partial charge in [-0.3, -0.25) is 0 Å². The number of halogens is 6. The molecule has 2 aromatic rings. The lowest BCUT2D eigenvalue weighted by molar-refractivity contribution is 0.233. The normalized spacial score (nSPS) is 12.7. The van der Waals surface area contributed by atoms with Crippen LogP contribution >= 0.6 is 58.0 Å². The van der Waals surface area contributed by atoms with Gasteiger partial charge in [0.25, 0.3) is 0 Å². The molecule has 0 spiro atoms. The minimum absolute atomic E-state index is 0.250. The van der Waals surface area contributed by atoms with E-state index in [1.165, 1.54) is 12.4 Å². The summed E-state index contributed by atoms with van der Waals surface area (Å²) >= 11 is 28.1. The molecule has 0 aliphatic heterocycles. The van der Waals surface area contributed by atoms with Gasteiger partial charge in [0.05, 0.1) is 12.4 Å². The van der Waals surface area contributed by atoms with Gasteiger partial charge in [-0.1, -0.05) is 68.4 Å². The monoisotopic (exact) mass is 380 g/mol. The zero-order valence-electron chi connectivity index (χ0n) is 9.01. The van der Waals surface area contributed by atoms with Crippen molar-refractivity contribution in [3.05, 3.63) is 24.0 Å². The fourth-order valence-corrected chi connectivity index (χ4v) is 1.63. The zero-order valence-corrected chi connectivity index (χ0v) is 12.8. The van der Waals surface area contributed by atoms with Crippen LogP contribution in [0.2, 0.25) is 0 Å². The Labute approximate surface area is 135 Å². The maximum Gasteiger partial charge on any atom is 0.374 e. The molecule has 2 heterocycles. The number of carbonyl (C=O) groups excluding carboxylic acids is 1. The fraction of sp³-hybridized carbons (Fsp3) is 0.286. The van der Waals surface area contributed by atoms with Crippen molar-refractivity contribution >= 4 is 64.0 Å². The lowest BCUT2D eigenvalue weighted by Crippen LogP contribution is -2.30. The van der Waals surface area contributed by atoms with Crippen LogP contribution in [0.5, 0.6) is 0 Å². The zero-order chi connectivity index (χ0) is 15.1. The number of hydrogen-bond acceptors (Lipinski definition) is 5. The Hall–Kier alpha value is -0.670. The Bertz CT molecular complexity index is 635. The highest BCUT2D eigenvalue weighted by molar-refractivity contribution is 6.75. The first kappa shape index (κ1) is 15.7. The molecule has 0 amide bonds. The predicted molar refractivity (Wildman–Crippen MR) is 69.9 cm³/mol. The molecule has 0 saturated carbocycles. The highest BCUT2D eigenvalue weighted by atomic mass is 35.6. The van der Waals surface area contributed by atoms with Gasteiger partial charge < -0.3 is 0 Å². The van der Waals surface area contributed by atoms with Gasteiger partial charge in [0.1, 0.15) is 0 Å². The van der Waals surface area contributed by atoms with Crippen LogP contribution in [-0.2, 0) is 4.33 Å². The second kappa shape index (κ2) is 5.27. The number of alkyl halides is 5. The number of rotatable bonds is 1. The molecule has 20 heavy (non-hydrogen) atoms. The number of nitrogens with zero attached hydrogens (tertiary/aromatic N) is 6. The van der Waals surface area contributed by atoms with E-state index in [4.69, 9.17) is 58.0 Å². The van der Waals surface area contributed by atoms with Gasteiger partial charge in [-0.15, -0.1) is 14.9 Å². The molecule has 0 bridgehead atoms. The minimum atomic E-state index is -2.34. The third-order valence-electron chi connectivity index (χ3n) is 2.07. The Morgan fingerprint density at radius 2 is 1.85 bits per heavy atom. The summed E-state index contributed by atoms with van der Waals surface area (Å²) in [4.78, 5) is 11.8. The van der Waals surface area contributed by atoms with Crippen LogP contribution in [-0.4, -0.2) is 39.8 Å². The molecule has 0 aliphatic carbocycles. The summed E-state index contributed by atoms with van der Waals surface area (Å²) in [5, 5.41) is 13.3. The van der Waals surface area contributed by atoms with Crippen molar-refractivity contribution in [2.45, 2.75) is 8.13 Å². The van der Waals surface area contributed by atoms with E-state index in [2.05, 4.69) is 20.6 Å². The maximum atomic E-state index is 14.1. The Morgan fingerprint density at radius 1 is 1.20 bits per heavy atom. The van der Waals surface area contributed by atoms with Crippen LogP contribution in [0, 0.1) is 5.95 Å². The number of carbonyl (C=O) groups is 1. The van der Waals surface area contributed by atoms with E-state index in [9.17, 15) is 9.18 Å². The third-order valence-corrected chi connectivity index (χ3v) is 4.42. The van der Waals surface area contributed by atoms with Crippen molar-refractivity contribution < 1.29 is 9.18 Å². The summed E-state index contributed by atoms with van der Waals surface area (Å²) < 4.78 is 10.4. The van der Waals surface area contributed by atoms with Crippen LogP contribution in [0.1, 0.15) is 5.69 Å². The second-order valence-electron chi connectivity index (χ2n) is 3.34. The summed E-state index contributed by atoms with van der Waals surface area (Å²) in [6.07, 6.45) is 2.38. The smallest absolute Gasteiger partial charge is 0.243 e. The average Bonchev–Trinajstić information content (AvgIpc) is 2.95. The predicted octanol–water partition coefficient (Wildman–Crippen LogP) is 2.53. The molecular weight excluding hydrogens is 380 g/mol. The standard InChI is InChI=1S/C7H2Cl5FN6O/c8-6(9,7(10,11)12)3-4(13)19(17-15-3)5(20)18-2-1-14-16-18/h1-2H. The van der Waals surface area contributed by atoms with E-state index >= 15 is 0 Å². The molecule has 2 rings (SSSR count). The largest absolute Gasteiger partial charge is 0.374 e. The van der Waals surface area contributed by atoms with Gasteiger partial charge >= 0.3 is 6.03 Å². The molecule has 7 nitrogen and oxygen atoms in total. The Kier molecular flexibility index (Phi) is 4.14. The van der Waals surface area contributed by atoms with E-state index in [1.54, 1.807) is 0 Å². The molecule has 0 unspecified atom stereocenters. The first-order chi connectivity index (χ1) is 9.16. The summed E-state index contributed by atoms with van der Waals surface area (Å²) in [6.45, 7) is 0. The van der Waals surface area contributed by atoms with Crippen molar-refractivity contribution in [3.8, 4) is 0 Å². The van der Waals surface area contributed by atoms with E-state index < -0.39 is 25.8 Å². The quantitative estimate of drug-likeness (QED) is 0.708. The maximum absolute atomic E-state index is 14.1. The molecule has 13 heteroatoms. The van der Waals surface area contributed by atoms with Crippen molar-refractivity contribution in [1.82, 2.24) is 30.0 Å². The highest BCUT2D eigenvalue weighted by Gasteiger charge is 2.52. The van der Waals surface area contributed by atoms with Crippen LogP contribution < -0.4 is 0 Å². The van der Waals surface area contributed by atoms with Crippen LogP contribution in [0.25, 0.3) is 0 Å². The van der Waals surface area contributed by atoms with Crippen molar-refractivity contribution in [3.63, 3.8) is 0 Å². The van der Waals surface area contributed by atoms with Gasteiger partial charge in [-0.25, -0.2) is 4.79 Å². The number of aromatic nitrogens is 6. The van der Waals surface area contributed by atoms with Crippen LogP contribution in [0.3, 0.4) is 0 Å². The first-order valence-electron chi connectivity index (χ1n) is 4.63. The SMILES string of the molecule is O=C(n1ccnn1)n1nnc(C(Cl)(Cl)C(Cl)(Cl)Cl)c1F. The minimum Gasteiger partial charge on any atom is -0.243 e. The van der Waals surface area contributed by atoms with E-state index in [0.29, 0.717) is 4.68 Å². The molecule has 0 fully saturated rings. The van der Waals surface area contributed by atoms with Crippen molar-refractivity contribution in [2.75, 3.05) is 0 Å². The molecule has 108 valence electrons. The molecule has 0 N–H and O–H groups in total. The van der Waals surface area contributed by atoms with Gasteiger partial charge in [0, 0.05) is 0 Å². The molecule has 0 atom stereocenters. The molecule has 0 radical (unpaired) electrons. The van der Waals surface area contributed by atoms with Crippen LogP contribution in [0.15, 0.2) is 12.4 Å². The van der Waals surface area contributed by atoms with Crippen LogP contribution in [0.4, 0.5) is 9.18 Å². The highest BCUT2D eigenvalue weighted by Crippen LogP contribution is 2.52. The van der Waals surface area contributed by atoms with Gasteiger partial charge in [0.2, 0.25) is 14.1 Å². The summed E-state index contributed by atoms with van der Waals surface area (Å²) in [6, 6.07) is -1.01. The second-order valence-corrected chi connectivity index (χ2v) is 6.95. The van der Waals surface area contributed by atoms with E-state index in [0.717, 1.165) is 0 Å². The first-order valence-corrected chi connectivity index (χ1v) is 6.52. The van der Waals surface area contributed by atoms with Crippen molar-refractivity contribution in [1.29, 1.82) is 0 Å². The van der Waals surface area contributed by atoms with Crippen molar-refractivity contribution in [2.24, 2.45) is 0 Å². The third kappa shape index (κ3) is 2.58. The molecule has 0 saturated heterocycles. The molecular formula is C7H2Cl5FN6O.